The van der Waals surface area contributed by atoms with Crippen LogP contribution in [0.25, 0.3) is 0 Å². The van der Waals surface area contributed by atoms with Crippen LogP contribution in [0, 0.1) is 0 Å². The Balaban J connectivity index is 3.28. The number of aliphatic hydroxyl groups excluding tert-OH is 1. The molecule has 0 spiro atoms. The fraction of sp³-hybridized carbons (Fsp3) is 0.833. The van der Waals surface area contributed by atoms with Crippen molar-refractivity contribution in [1.82, 2.24) is 0 Å². The van der Waals surface area contributed by atoms with Gasteiger partial charge in [-0.05, 0) is 13.3 Å². The molecular weight excluding hydrogens is 120 g/mol. The lowest BCUT2D eigenvalue weighted by molar-refractivity contribution is -0.152. The summed E-state index contributed by atoms with van der Waals surface area (Å²) in [6.45, 7) is 3.68. The van der Waals surface area contributed by atoms with Crippen LogP contribution in [0.5, 0.6) is 0 Å². The van der Waals surface area contributed by atoms with Crippen LogP contribution < -0.4 is 0 Å². The van der Waals surface area contributed by atoms with Crippen molar-refractivity contribution in [2.45, 2.75) is 26.4 Å². The zero-order valence-electron chi connectivity index (χ0n) is 5.76. The van der Waals surface area contributed by atoms with E-state index < -0.39 is 12.1 Å². The summed E-state index contributed by atoms with van der Waals surface area (Å²) in [6, 6.07) is 0. The Kier molecular flexibility index (Phi) is 4.05. The van der Waals surface area contributed by atoms with Gasteiger partial charge in [0.2, 0.25) is 0 Å². The van der Waals surface area contributed by atoms with Crippen molar-refractivity contribution in [3.63, 3.8) is 0 Å². The highest BCUT2D eigenvalue weighted by Crippen LogP contribution is 1.87. The standard InChI is InChI=1S/C6H12O3/c1-3-4-9-6(8)5(2)7/h5,7H,3-4H2,1-2H3/t5-/m0/s1. The van der Waals surface area contributed by atoms with Gasteiger partial charge in [0.1, 0.15) is 6.10 Å². The van der Waals surface area contributed by atoms with Crippen LogP contribution in [-0.2, 0) is 9.53 Å². The number of hydrogen-bond donors (Lipinski definition) is 1. The van der Waals surface area contributed by atoms with E-state index in [1.54, 1.807) is 0 Å². The van der Waals surface area contributed by atoms with E-state index >= 15 is 0 Å². The second-order valence-electron chi connectivity index (χ2n) is 1.84. The maximum Gasteiger partial charge on any atom is 0.334 e. The number of rotatable bonds is 3. The molecule has 0 saturated carbocycles. The van der Waals surface area contributed by atoms with Gasteiger partial charge in [-0.2, -0.15) is 0 Å². The molecule has 0 fully saturated rings. The molecule has 3 nitrogen and oxygen atoms in total. The second-order valence-corrected chi connectivity index (χ2v) is 1.84. The van der Waals surface area contributed by atoms with Crippen LogP contribution in [0.1, 0.15) is 20.3 Å². The van der Waals surface area contributed by atoms with Crippen LogP contribution in [-0.4, -0.2) is 23.8 Å². The molecule has 9 heavy (non-hydrogen) atoms. The summed E-state index contributed by atoms with van der Waals surface area (Å²) in [4.78, 5) is 10.4. The summed E-state index contributed by atoms with van der Waals surface area (Å²) < 4.78 is 4.56. The van der Waals surface area contributed by atoms with E-state index in [-0.39, 0.29) is 0 Å². The molecule has 54 valence electrons. The highest BCUT2D eigenvalue weighted by molar-refractivity contribution is 5.73. The van der Waals surface area contributed by atoms with E-state index in [9.17, 15) is 4.79 Å². The van der Waals surface area contributed by atoms with E-state index in [0.29, 0.717) is 6.61 Å². The summed E-state index contributed by atoms with van der Waals surface area (Å²) in [6.07, 6.45) is -0.199. The maximum absolute atomic E-state index is 10.4. The van der Waals surface area contributed by atoms with Crippen molar-refractivity contribution in [1.29, 1.82) is 0 Å². The van der Waals surface area contributed by atoms with Gasteiger partial charge >= 0.3 is 5.97 Å². The van der Waals surface area contributed by atoms with Crippen molar-refractivity contribution >= 4 is 5.97 Å². The Morgan fingerprint density at radius 1 is 1.78 bits per heavy atom. The van der Waals surface area contributed by atoms with Crippen molar-refractivity contribution in [3.05, 3.63) is 0 Å². The minimum absolute atomic E-state index is 0.393. The first-order chi connectivity index (χ1) is 4.18. The molecule has 0 aromatic heterocycles. The summed E-state index contributed by atoms with van der Waals surface area (Å²) in [7, 11) is 0. The SMILES string of the molecule is CCCOC(=O)[C@H](C)O. The number of carbonyl (C=O) groups is 1. The molecule has 1 atom stereocenters. The van der Waals surface area contributed by atoms with E-state index in [0.717, 1.165) is 6.42 Å². The normalized spacial score (nSPS) is 12.8. The Labute approximate surface area is 54.6 Å². The summed E-state index contributed by atoms with van der Waals surface area (Å²) in [5.74, 6) is -0.545. The van der Waals surface area contributed by atoms with Gasteiger partial charge in [-0.1, -0.05) is 6.92 Å². The molecule has 0 rings (SSSR count). The van der Waals surface area contributed by atoms with Crippen LogP contribution in [0.15, 0.2) is 0 Å². The topological polar surface area (TPSA) is 46.5 Å². The van der Waals surface area contributed by atoms with Gasteiger partial charge in [-0.25, -0.2) is 4.79 Å². The maximum atomic E-state index is 10.4. The molecule has 0 aliphatic rings. The third-order valence-electron chi connectivity index (χ3n) is 0.790. The lowest BCUT2D eigenvalue weighted by Gasteiger charge is -2.03. The van der Waals surface area contributed by atoms with Gasteiger partial charge in [0.05, 0.1) is 6.61 Å². The minimum Gasteiger partial charge on any atom is -0.464 e. The fourth-order valence-electron chi connectivity index (χ4n) is 0.323. The van der Waals surface area contributed by atoms with Gasteiger partial charge in [0.25, 0.3) is 0 Å². The van der Waals surface area contributed by atoms with Crippen molar-refractivity contribution < 1.29 is 14.6 Å². The minimum atomic E-state index is -0.989. The molecule has 0 aromatic rings. The largest absolute Gasteiger partial charge is 0.464 e. The molecule has 3 heteroatoms. The first-order valence-electron chi connectivity index (χ1n) is 3.03. The number of ether oxygens (including phenoxy) is 1. The molecule has 0 bridgehead atoms. The molecule has 0 aromatic carbocycles. The zero-order chi connectivity index (χ0) is 7.28. The number of esters is 1. The highest BCUT2D eigenvalue weighted by atomic mass is 16.5. The van der Waals surface area contributed by atoms with Crippen molar-refractivity contribution in [2.24, 2.45) is 0 Å². The lowest BCUT2D eigenvalue weighted by atomic mass is 10.4. The quantitative estimate of drug-likeness (QED) is 0.562. The number of aliphatic hydroxyl groups is 1. The van der Waals surface area contributed by atoms with E-state index in [1.165, 1.54) is 6.92 Å². The third kappa shape index (κ3) is 3.97. The third-order valence-corrected chi connectivity index (χ3v) is 0.790. The molecule has 1 N–H and O–H groups in total. The second kappa shape index (κ2) is 4.32. The van der Waals surface area contributed by atoms with Gasteiger partial charge < -0.3 is 9.84 Å². The average molecular weight is 132 g/mol. The summed E-state index contributed by atoms with van der Waals surface area (Å²) in [5, 5.41) is 8.57. The Morgan fingerprint density at radius 2 is 2.33 bits per heavy atom. The number of carbonyl (C=O) groups excluding carboxylic acids is 1. The molecule has 0 unspecified atom stereocenters. The number of hydrogen-bond acceptors (Lipinski definition) is 3. The molecule has 0 heterocycles. The van der Waals surface area contributed by atoms with Gasteiger partial charge in [0, 0.05) is 0 Å². The van der Waals surface area contributed by atoms with E-state index in [4.69, 9.17) is 5.11 Å². The summed E-state index contributed by atoms with van der Waals surface area (Å²) >= 11 is 0. The average Bonchev–Trinajstić information content (AvgIpc) is 1.82. The van der Waals surface area contributed by atoms with E-state index in [2.05, 4.69) is 4.74 Å². The lowest BCUT2D eigenvalue weighted by Crippen LogP contribution is -2.19. The zero-order valence-corrected chi connectivity index (χ0v) is 5.76. The molecule has 0 saturated heterocycles. The van der Waals surface area contributed by atoms with Gasteiger partial charge in [0.15, 0.2) is 0 Å². The van der Waals surface area contributed by atoms with Crippen LogP contribution in [0.4, 0.5) is 0 Å². The molecule has 0 aliphatic carbocycles. The first kappa shape index (κ1) is 8.43. The monoisotopic (exact) mass is 132 g/mol. The molecular formula is C6H12O3. The predicted molar refractivity (Wildman–Crippen MR) is 32.9 cm³/mol. The van der Waals surface area contributed by atoms with Gasteiger partial charge in [-0.15, -0.1) is 0 Å². The first-order valence-corrected chi connectivity index (χ1v) is 3.03. The Hall–Kier alpha value is -0.570. The van der Waals surface area contributed by atoms with Crippen LogP contribution in [0.3, 0.4) is 0 Å². The Morgan fingerprint density at radius 3 is 2.67 bits per heavy atom. The van der Waals surface area contributed by atoms with Gasteiger partial charge in [-0.3, -0.25) is 0 Å². The molecule has 0 amide bonds. The predicted octanol–water partition coefficient (Wildman–Crippen LogP) is 0.320. The fourth-order valence-corrected chi connectivity index (χ4v) is 0.323. The summed E-state index contributed by atoms with van der Waals surface area (Å²) in [5.41, 5.74) is 0. The van der Waals surface area contributed by atoms with Crippen LogP contribution >= 0.6 is 0 Å². The van der Waals surface area contributed by atoms with Crippen molar-refractivity contribution in [3.8, 4) is 0 Å². The van der Waals surface area contributed by atoms with E-state index in [1.807, 2.05) is 6.92 Å². The smallest absolute Gasteiger partial charge is 0.334 e. The highest BCUT2D eigenvalue weighted by Gasteiger charge is 2.07. The Bertz CT molecular complexity index is 88.3. The van der Waals surface area contributed by atoms with Crippen molar-refractivity contribution in [2.75, 3.05) is 6.61 Å². The molecule has 0 radical (unpaired) electrons. The molecule has 0 aliphatic heterocycles. The van der Waals surface area contributed by atoms with Crippen LogP contribution in [0.2, 0.25) is 0 Å².